The Morgan fingerprint density at radius 1 is 1.19 bits per heavy atom. The van der Waals surface area contributed by atoms with Gasteiger partial charge >= 0.3 is 0 Å². The van der Waals surface area contributed by atoms with Gasteiger partial charge in [-0.1, -0.05) is 35.9 Å². The van der Waals surface area contributed by atoms with E-state index in [-0.39, 0.29) is 5.91 Å². The molecule has 1 aliphatic heterocycles. The van der Waals surface area contributed by atoms with Crippen molar-refractivity contribution in [2.75, 3.05) is 11.4 Å². The van der Waals surface area contributed by atoms with Gasteiger partial charge in [-0.2, -0.15) is 0 Å². The minimum absolute atomic E-state index is 0.103. The molecule has 0 unspecified atom stereocenters. The first-order valence-corrected chi connectivity index (χ1v) is 9.58. The van der Waals surface area contributed by atoms with Crippen LogP contribution in [0.4, 0.5) is 5.69 Å². The zero-order valence-electron chi connectivity index (χ0n) is 14.6. The van der Waals surface area contributed by atoms with Crippen LogP contribution in [-0.4, -0.2) is 17.4 Å². The van der Waals surface area contributed by atoms with Gasteiger partial charge in [-0.25, -0.2) is 4.98 Å². The second-order valence-electron chi connectivity index (χ2n) is 6.44. The molecule has 0 saturated heterocycles. The number of anilines is 1. The van der Waals surface area contributed by atoms with Crippen LogP contribution in [0.25, 0.3) is 0 Å². The number of nitrogens with zero attached hydrogens (tertiary/aromatic N) is 2. The molecule has 2 heterocycles. The second-order valence-corrected chi connectivity index (χ2v) is 7.38. The molecule has 0 aliphatic carbocycles. The van der Waals surface area contributed by atoms with Crippen molar-refractivity contribution in [1.82, 2.24) is 4.98 Å². The molecule has 0 radical (unpaired) electrons. The molecule has 0 saturated carbocycles. The molecule has 1 aromatic heterocycles. The first-order valence-electron chi connectivity index (χ1n) is 8.70. The average molecular weight is 364 g/mol. The van der Waals surface area contributed by atoms with Crippen molar-refractivity contribution in [3.8, 4) is 5.75 Å². The molecule has 0 N–H and O–H groups in total. The lowest BCUT2D eigenvalue weighted by Crippen LogP contribution is -2.30. The Labute approximate surface area is 157 Å². The number of para-hydroxylation sites is 1. The van der Waals surface area contributed by atoms with Crippen LogP contribution < -0.4 is 9.64 Å². The van der Waals surface area contributed by atoms with Crippen LogP contribution in [0.1, 0.15) is 21.8 Å². The van der Waals surface area contributed by atoms with E-state index in [0.29, 0.717) is 13.0 Å². The Bertz CT molecular complexity index is 918. The molecular formula is C21H20N2O2S. The summed E-state index contributed by atoms with van der Waals surface area (Å²) in [6, 6.07) is 16.1. The Balaban J connectivity index is 1.36. The highest BCUT2D eigenvalue weighted by Crippen LogP contribution is 2.28. The van der Waals surface area contributed by atoms with E-state index in [1.54, 1.807) is 0 Å². The van der Waals surface area contributed by atoms with Crippen molar-refractivity contribution in [3.05, 3.63) is 75.7 Å². The number of aryl methyl sites for hydroxylation is 1. The summed E-state index contributed by atoms with van der Waals surface area (Å²) in [4.78, 5) is 19.1. The summed E-state index contributed by atoms with van der Waals surface area (Å²) in [5.74, 6) is 0.934. The lowest BCUT2D eigenvalue weighted by atomic mass is 10.2. The zero-order chi connectivity index (χ0) is 17.9. The maximum absolute atomic E-state index is 12.7. The van der Waals surface area contributed by atoms with Gasteiger partial charge in [0.2, 0.25) is 5.91 Å². The molecule has 0 spiro atoms. The fraction of sp³-hybridized carbons (Fsp3) is 0.238. The van der Waals surface area contributed by atoms with Gasteiger partial charge in [-0.05, 0) is 37.1 Å². The van der Waals surface area contributed by atoms with E-state index in [1.807, 2.05) is 59.7 Å². The predicted molar refractivity (Wildman–Crippen MR) is 104 cm³/mol. The van der Waals surface area contributed by atoms with Crippen LogP contribution in [0.3, 0.4) is 0 Å². The lowest BCUT2D eigenvalue weighted by Gasteiger charge is -2.16. The predicted octanol–water partition coefficient (Wildman–Crippen LogP) is 4.16. The minimum atomic E-state index is 0.103. The fourth-order valence-electron chi connectivity index (χ4n) is 3.12. The number of fused-ring (bicyclic) bond motifs is 1. The highest BCUT2D eigenvalue weighted by Gasteiger charge is 2.24. The van der Waals surface area contributed by atoms with Crippen molar-refractivity contribution < 1.29 is 9.53 Å². The first-order chi connectivity index (χ1) is 12.7. The molecule has 0 atom stereocenters. The molecule has 132 valence electrons. The number of ether oxygens (including phenoxy) is 1. The third kappa shape index (κ3) is 3.63. The van der Waals surface area contributed by atoms with Crippen LogP contribution in [0.5, 0.6) is 5.75 Å². The molecule has 1 aliphatic rings. The van der Waals surface area contributed by atoms with Crippen LogP contribution >= 0.6 is 11.3 Å². The van der Waals surface area contributed by atoms with Crippen molar-refractivity contribution in [3.63, 3.8) is 0 Å². The summed E-state index contributed by atoms with van der Waals surface area (Å²) in [5.41, 5.74) is 4.30. The molecule has 26 heavy (non-hydrogen) atoms. The van der Waals surface area contributed by atoms with Gasteiger partial charge in [-0.3, -0.25) is 4.79 Å². The number of aromatic nitrogens is 1. The summed E-state index contributed by atoms with van der Waals surface area (Å²) in [6.45, 7) is 3.23. The largest absolute Gasteiger partial charge is 0.486 e. The summed E-state index contributed by atoms with van der Waals surface area (Å²) in [6.07, 6.45) is 1.25. The van der Waals surface area contributed by atoms with Crippen molar-refractivity contribution in [1.29, 1.82) is 0 Å². The van der Waals surface area contributed by atoms with Crippen LogP contribution in [0.2, 0.25) is 0 Å². The SMILES string of the molecule is Cc1ccc(OCc2nc(CC(=O)N3CCc4ccccc43)cs2)cc1. The molecule has 4 nitrogen and oxygen atoms in total. The lowest BCUT2D eigenvalue weighted by molar-refractivity contribution is -0.117. The number of carbonyl (C=O) groups is 1. The normalized spacial score (nSPS) is 12.9. The average Bonchev–Trinajstić information content (AvgIpc) is 3.28. The quantitative estimate of drug-likeness (QED) is 0.683. The van der Waals surface area contributed by atoms with E-state index in [1.165, 1.54) is 22.5 Å². The second kappa shape index (κ2) is 7.30. The van der Waals surface area contributed by atoms with Crippen LogP contribution in [-0.2, 0) is 24.2 Å². The number of benzene rings is 2. The Hall–Kier alpha value is -2.66. The van der Waals surface area contributed by atoms with Crippen molar-refractivity contribution >= 4 is 22.9 Å². The molecular weight excluding hydrogens is 344 g/mol. The van der Waals surface area contributed by atoms with Gasteiger partial charge in [-0.15, -0.1) is 11.3 Å². The van der Waals surface area contributed by atoms with Gasteiger partial charge in [0.25, 0.3) is 0 Å². The van der Waals surface area contributed by atoms with Gasteiger partial charge in [0.1, 0.15) is 17.4 Å². The monoisotopic (exact) mass is 364 g/mol. The number of thiazole rings is 1. The number of amides is 1. The maximum atomic E-state index is 12.7. The van der Waals surface area contributed by atoms with E-state index in [9.17, 15) is 4.79 Å². The summed E-state index contributed by atoms with van der Waals surface area (Å²) in [5, 5.41) is 2.84. The van der Waals surface area contributed by atoms with Gasteiger partial charge in [0.05, 0.1) is 12.1 Å². The van der Waals surface area contributed by atoms with E-state index < -0.39 is 0 Å². The van der Waals surface area contributed by atoms with E-state index >= 15 is 0 Å². The van der Waals surface area contributed by atoms with Crippen molar-refractivity contribution in [2.24, 2.45) is 0 Å². The summed E-state index contributed by atoms with van der Waals surface area (Å²) in [7, 11) is 0. The van der Waals surface area contributed by atoms with E-state index in [2.05, 4.69) is 11.1 Å². The molecule has 4 rings (SSSR count). The van der Waals surface area contributed by atoms with E-state index in [0.717, 1.165) is 35.1 Å². The molecule has 1 amide bonds. The number of hydrogen-bond donors (Lipinski definition) is 0. The smallest absolute Gasteiger partial charge is 0.233 e. The Kier molecular flexibility index (Phi) is 4.71. The standard InChI is InChI=1S/C21H20N2O2S/c1-15-6-8-18(9-7-15)25-13-20-22-17(14-26-20)12-21(24)23-11-10-16-4-2-3-5-19(16)23/h2-9,14H,10-13H2,1H3. The summed E-state index contributed by atoms with van der Waals surface area (Å²) >= 11 is 1.54. The minimum Gasteiger partial charge on any atom is -0.486 e. The third-order valence-corrected chi connectivity index (χ3v) is 5.37. The Morgan fingerprint density at radius 2 is 2.00 bits per heavy atom. The third-order valence-electron chi connectivity index (χ3n) is 4.50. The number of hydrogen-bond acceptors (Lipinski definition) is 4. The topological polar surface area (TPSA) is 42.4 Å². The maximum Gasteiger partial charge on any atom is 0.233 e. The number of rotatable bonds is 5. The van der Waals surface area contributed by atoms with Crippen molar-refractivity contribution in [2.45, 2.75) is 26.4 Å². The molecule has 3 aromatic rings. The van der Waals surface area contributed by atoms with Gasteiger partial charge < -0.3 is 9.64 Å². The fourth-order valence-corrected chi connectivity index (χ4v) is 3.83. The van der Waals surface area contributed by atoms with Gasteiger partial charge in [0.15, 0.2) is 0 Å². The summed E-state index contributed by atoms with van der Waals surface area (Å²) < 4.78 is 5.76. The molecule has 0 bridgehead atoms. The Morgan fingerprint density at radius 3 is 2.85 bits per heavy atom. The molecule has 2 aromatic carbocycles. The highest BCUT2D eigenvalue weighted by molar-refractivity contribution is 7.09. The highest BCUT2D eigenvalue weighted by atomic mass is 32.1. The molecule has 5 heteroatoms. The van der Waals surface area contributed by atoms with Crippen LogP contribution in [0, 0.1) is 6.92 Å². The first kappa shape index (κ1) is 16.8. The van der Waals surface area contributed by atoms with Gasteiger partial charge in [0, 0.05) is 17.6 Å². The number of carbonyl (C=O) groups excluding carboxylic acids is 1. The zero-order valence-corrected chi connectivity index (χ0v) is 15.5. The van der Waals surface area contributed by atoms with E-state index in [4.69, 9.17) is 4.74 Å². The van der Waals surface area contributed by atoms with Crippen LogP contribution in [0.15, 0.2) is 53.9 Å². The molecule has 0 fully saturated rings.